The second-order valence-electron chi connectivity index (χ2n) is 4.51. The normalized spacial score (nSPS) is 21.2. The van der Waals surface area contributed by atoms with Gasteiger partial charge in [-0.15, -0.1) is 0 Å². The van der Waals surface area contributed by atoms with Gasteiger partial charge in [-0.05, 0) is 11.6 Å². The van der Waals surface area contributed by atoms with Crippen molar-refractivity contribution in [3.8, 4) is 0 Å². The Bertz CT molecular complexity index is 401. The zero-order valence-electron chi connectivity index (χ0n) is 10.3. The first kappa shape index (κ1) is 13.4. The number of nitrogens with two attached hydrogens (primary N) is 1. The molecule has 0 aromatic heterocycles. The highest BCUT2D eigenvalue weighted by atomic mass is 19.1. The van der Waals surface area contributed by atoms with Crippen molar-refractivity contribution in [1.29, 1.82) is 0 Å². The molecule has 1 aliphatic heterocycles. The number of aliphatic hydroxyl groups excluding tert-OH is 1. The monoisotopic (exact) mass is 254 g/mol. The minimum absolute atomic E-state index is 0.0303. The number of aliphatic hydroxyl groups is 1. The van der Waals surface area contributed by atoms with Crippen molar-refractivity contribution in [2.24, 2.45) is 5.73 Å². The molecule has 3 N–H and O–H groups in total. The second-order valence-corrected chi connectivity index (χ2v) is 4.51. The van der Waals surface area contributed by atoms with Gasteiger partial charge in [0.05, 0.1) is 25.9 Å². The molecule has 1 saturated heterocycles. The summed E-state index contributed by atoms with van der Waals surface area (Å²) in [5, 5.41) is 9.26. The highest BCUT2D eigenvalue weighted by Crippen LogP contribution is 2.16. The van der Waals surface area contributed by atoms with Crippen molar-refractivity contribution in [2.45, 2.75) is 19.1 Å². The maximum atomic E-state index is 13.8. The van der Waals surface area contributed by atoms with Gasteiger partial charge in [-0.3, -0.25) is 4.90 Å². The SMILES string of the molecule is NCc1ccc(CN2CCOCC2CO)c(F)c1. The van der Waals surface area contributed by atoms with Crippen molar-refractivity contribution in [1.82, 2.24) is 4.90 Å². The third-order valence-corrected chi connectivity index (χ3v) is 3.29. The van der Waals surface area contributed by atoms with Gasteiger partial charge in [-0.25, -0.2) is 4.39 Å². The Morgan fingerprint density at radius 2 is 2.33 bits per heavy atom. The van der Waals surface area contributed by atoms with Gasteiger partial charge >= 0.3 is 0 Å². The maximum Gasteiger partial charge on any atom is 0.128 e. The van der Waals surface area contributed by atoms with Crippen LogP contribution in [0.5, 0.6) is 0 Å². The fraction of sp³-hybridized carbons (Fsp3) is 0.538. The minimum Gasteiger partial charge on any atom is -0.395 e. The van der Waals surface area contributed by atoms with E-state index in [-0.39, 0.29) is 18.5 Å². The standard InChI is InChI=1S/C13H19FN2O2/c14-13-5-10(6-15)1-2-11(13)7-16-3-4-18-9-12(16)8-17/h1-2,5,12,17H,3-4,6-9,15H2. The summed E-state index contributed by atoms with van der Waals surface area (Å²) in [6.45, 7) is 2.70. The van der Waals surface area contributed by atoms with Crippen LogP contribution in [0.15, 0.2) is 18.2 Å². The van der Waals surface area contributed by atoms with Gasteiger partial charge in [0.15, 0.2) is 0 Å². The van der Waals surface area contributed by atoms with Crippen LogP contribution in [0.4, 0.5) is 4.39 Å². The molecule has 1 aliphatic rings. The third kappa shape index (κ3) is 3.05. The summed E-state index contributed by atoms with van der Waals surface area (Å²) < 4.78 is 19.1. The molecular weight excluding hydrogens is 235 g/mol. The summed E-state index contributed by atoms with van der Waals surface area (Å²) in [6, 6.07) is 5.03. The largest absolute Gasteiger partial charge is 0.395 e. The van der Waals surface area contributed by atoms with Gasteiger partial charge in [0.2, 0.25) is 0 Å². The van der Waals surface area contributed by atoms with E-state index in [9.17, 15) is 9.50 Å². The molecular formula is C13H19FN2O2. The summed E-state index contributed by atoms with van der Waals surface area (Å²) >= 11 is 0. The fourth-order valence-corrected chi connectivity index (χ4v) is 2.13. The number of ether oxygens (including phenoxy) is 1. The van der Waals surface area contributed by atoms with Crippen LogP contribution in [0, 0.1) is 5.82 Å². The molecule has 5 heteroatoms. The lowest BCUT2D eigenvalue weighted by atomic mass is 10.1. The van der Waals surface area contributed by atoms with Gasteiger partial charge in [0.1, 0.15) is 5.82 Å². The maximum absolute atomic E-state index is 13.8. The molecule has 0 bridgehead atoms. The van der Waals surface area contributed by atoms with E-state index in [1.54, 1.807) is 6.07 Å². The van der Waals surface area contributed by atoms with Crippen molar-refractivity contribution in [3.63, 3.8) is 0 Å². The number of morpholine rings is 1. The number of hydrogen-bond acceptors (Lipinski definition) is 4. The molecule has 0 saturated carbocycles. The molecule has 1 aromatic rings. The van der Waals surface area contributed by atoms with E-state index in [2.05, 4.69) is 0 Å². The number of benzene rings is 1. The molecule has 0 amide bonds. The van der Waals surface area contributed by atoms with Crippen LogP contribution in [-0.4, -0.2) is 42.4 Å². The molecule has 100 valence electrons. The van der Waals surface area contributed by atoms with Crippen molar-refractivity contribution in [2.75, 3.05) is 26.4 Å². The van der Waals surface area contributed by atoms with Crippen LogP contribution in [0.3, 0.4) is 0 Å². The van der Waals surface area contributed by atoms with E-state index in [0.29, 0.717) is 38.4 Å². The number of hydrogen-bond donors (Lipinski definition) is 2. The highest BCUT2D eigenvalue weighted by molar-refractivity contribution is 5.24. The summed E-state index contributed by atoms with van der Waals surface area (Å²) in [7, 11) is 0. The van der Waals surface area contributed by atoms with Crippen LogP contribution in [-0.2, 0) is 17.8 Å². The van der Waals surface area contributed by atoms with Crippen LogP contribution >= 0.6 is 0 Å². The molecule has 1 unspecified atom stereocenters. The zero-order valence-corrected chi connectivity index (χ0v) is 10.3. The van der Waals surface area contributed by atoms with Crippen LogP contribution in [0.2, 0.25) is 0 Å². The molecule has 1 atom stereocenters. The van der Waals surface area contributed by atoms with Gasteiger partial charge in [-0.1, -0.05) is 12.1 Å². The molecule has 1 fully saturated rings. The van der Waals surface area contributed by atoms with Gasteiger partial charge in [0, 0.05) is 25.2 Å². The summed E-state index contributed by atoms with van der Waals surface area (Å²) in [5.74, 6) is -0.235. The first-order chi connectivity index (χ1) is 8.74. The van der Waals surface area contributed by atoms with Crippen molar-refractivity contribution < 1.29 is 14.2 Å². The third-order valence-electron chi connectivity index (χ3n) is 3.29. The average molecular weight is 254 g/mol. The predicted octanol–water partition coefficient (Wildman–Crippen LogP) is 0.477. The molecule has 2 rings (SSSR count). The van der Waals surface area contributed by atoms with Crippen molar-refractivity contribution >= 4 is 0 Å². The molecule has 1 heterocycles. The Labute approximate surface area is 106 Å². The Morgan fingerprint density at radius 1 is 1.50 bits per heavy atom. The van der Waals surface area contributed by atoms with Crippen LogP contribution < -0.4 is 5.73 Å². The topological polar surface area (TPSA) is 58.7 Å². The number of halogens is 1. The molecule has 0 radical (unpaired) electrons. The first-order valence-corrected chi connectivity index (χ1v) is 6.14. The molecule has 18 heavy (non-hydrogen) atoms. The lowest BCUT2D eigenvalue weighted by Gasteiger charge is -2.34. The van der Waals surface area contributed by atoms with E-state index in [1.807, 2.05) is 11.0 Å². The second kappa shape index (κ2) is 6.24. The molecule has 0 spiro atoms. The van der Waals surface area contributed by atoms with E-state index in [4.69, 9.17) is 10.5 Å². The smallest absolute Gasteiger partial charge is 0.128 e. The average Bonchev–Trinajstić information content (AvgIpc) is 2.41. The fourth-order valence-electron chi connectivity index (χ4n) is 2.13. The Kier molecular flexibility index (Phi) is 4.66. The quantitative estimate of drug-likeness (QED) is 0.820. The minimum atomic E-state index is -0.235. The predicted molar refractivity (Wildman–Crippen MR) is 66.4 cm³/mol. The summed E-state index contributed by atoms with van der Waals surface area (Å²) in [4.78, 5) is 2.05. The lowest BCUT2D eigenvalue weighted by molar-refractivity contribution is -0.0316. The molecule has 4 nitrogen and oxygen atoms in total. The van der Waals surface area contributed by atoms with Crippen LogP contribution in [0.25, 0.3) is 0 Å². The van der Waals surface area contributed by atoms with Gasteiger partial charge < -0.3 is 15.6 Å². The first-order valence-electron chi connectivity index (χ1n) is 6.14. The Hall–Kier alpha value is -1.01. The Morgan fingerprint density at radius 3 is 3.00 bits per heavy atom. The van der Waals surface area contributed by atoms with Gasteiger partial charge in [0.25, 0.3) is 0 Å². The highest BCUT2D eigenvalue weighted by Gasteiger charge is 2.23. The summed E-state index contributed by atoms with van der Waals surface area (Å²) in [6.07, 6.45) is 0. The van der Waals surface area contributed by atoms with E-state index >= 15 is 0 Å². The number of rotatable bonds is 4. The lowest BCUT2D eigenvalue weighted by Crippen LogP contribution is -2.46. The summed E-state index contributed by atoms with van der Waals surface area (Å²) in [5.41, 5.74) is 6.89. The van der Waals surface area contributed by atoms with E-state index in [0.717, 1.165) is 5.56 Å². The van der Waals surface area contributed by atoms with Gasteiger partial charge in [-0.2, -0.15) is 0 Å². The van der Waals surface area contributed by atoms with E-state index < -0.39 is 0 Å². The van der Waals surface area contributed by atoms with Crippen molar-refractivity contribution in [3.05, 3.63) is 35.1 Å². The molecule has 1 aromatic carbocycles. The van der Waals surface area contributed by atoms with Crippen LogP contribution in [0.1, 0.15) is 11.1 Å². The van der Waals surface area contributed by atoms with E-state index in [1.165, 1.54) is 6.07 Å². The zero-order chi connectivity index (χ0) is 13.0. The Balaban J connectivity index is 2.07. The number of nitrogens with zero attached hydrogens (tertiary/aromatic N) is 1. The molecule has 0 aliphatic carbocycles.